The summed E-state index contributed by atoms with van der Waals surface area (Å²) in [6.45, 7) is 2.23. The van der Waals surface area contributed by atoms with Crippen molar-refractivity contribution >= 4 is 28.9 Å². The van der Waals surface area contributed by atoms with Gasteiger partial charge in [0.25, 0.3) is 0 Å². The van der Waals surface area contributed by atoms with Crippen LogP contribution in [0, 0.1) is 5.92 Å². The number of nitrogens with zero attached hydrogens (tertiary/aromatic N) is 3. The first-order chi connectivity index (χ1) is 16.6. The molecule has 0 aliphatic carbocycles. The molecule has 2 heterocycles. The second kappa shape index (κ2) is 9.02. The minimum atomic E-state index is -1.05. The molecular weight excluding hydrogens is 430 g/mol. The summed E-state index contributed by atoms with van der Waals surface area (Å²) < 4.78 is 12.7. The van der Waals surface area contributed by atoms with Gasteiger partial charge in [0, 0.05) is 0 Å². The summed E-state index contributed by atoms with van der Waals surface area (Å²) in [5.41, 5.74) is 3.35. The Hall–Kier alpha value is -4.13. The highest BCUT2D eigenvalue weighted by atomic mass is 16.5. The lowest BCUT2D eigenvalue weighted by atomic mass is 9.89. The lowest BCUT2D eigenvalue weighted by Crippen LogP contribution is -2.49. The van der Waals surface area contributed by atoms with Crippen molar-refractivity contribution in [1.82, 2.24) is 9.55 Å². The standard InChI is InChI=1S/C27H25N3O4/c1-3-34-26(32)23-24(19-13-15-20(33-2)16-14-19)30-22-12-8-7-11-21(22)28-27(30)29(25(23)31)17-18-9-5-4-6-10-18/h4-16,23-24H,3,17H2,1-2H3/t23-,24-/m1/s1. The molecule has 0 saturated heterocycles. The highest BCUT2D eigenvalue weighted by Crippen LogP contribution is 2.42. The fraction of sp³-hybridized carbons (Fsp3) is 0.222. The van der Waals surface area contributed by atoms with Gasteiger partial charge in [-0.25, -0.2) is 4.98 Å². The molecule has 1 aromatic heterocycles. The van der Waals surface area contributed by atoms with Crippen molar-refractivity contribution in [1.29, 1.82) is 0 Å². The van der Waals surface area contributed by atoms with Crippen LogP contribution in [0.4, 0.5) is 5.95 Å². The molecule has 1 amide bonds. The predicted molar refractivity (Wildman–Crippen MR) is 129 cm³/mol. The van der Waals surface area contributed by atoms with E-state index in [1.165, 1.54) is 0 Å². The Kier molecular flexibility index (Phi) is 5.76. The maximum absolute atomic E-state index is 13.9. The third kappa shape index (κ3) is 3.69. The van der Waals surface area contributed by atoms with Gasteiger partial charge >= 0.3 is 5.97 Å². The first-order valence-electron chi connectivity index (χ1n) is 11.2. The maximum atomic E-state index is 13.9. The number of aromatic nitrogens is 2. The number of rotatable bonds is 6. The van der Waals surface area contributed by atoms with Crippen LogP contribution < -0.4 is 9.64 Å². The number of methoxy groups -OCH3 is 1. The zero-order valence-corrected chi connectivity index (χ0v) is 19.0. The molecule has 34 heavy (non-hydrogen) atoms. The lowest BCUT2D eigenvalue weighted by molar-refractivity contribution is -0.153. The van der Waals surface area contributed by atoms with E-state index in [0.29, 0.717) is 18.2 Å². The SMILES string of the molecule is CCOC(=O)[C@H]1C(=O)N(Cc2ccccc2)c2nc3ccccc3n2[C@@H]1c1ccc(OC)cc1. The number of anilines is 1. The number of carbonyl (C=O) groups excluding carboxylic acids is 2. The number of para-hydroxylation sites is 2. The quantitative estimate of drug-likeness (QED) is 0.319. The first kappa shape index (κ1) is 21.7. The number of esters is 1. The van der Waals surface area contributed by atoms with E-state index in [1.807, 2.05) is 83.4 Å². The number of fused-ring (bicyclic) bond motifs is 3. The summed E-state index contributed by atoms with van der Waals surface area (Å²) in [5.74, 6) is -0.723. The molecule has 7 heteroatoms. The van der Waals surface area contributed by atoms with Gasteiger partial charge in [-0.3, -0.25) is 14.5 Å². The molecule has 2 atom stereocenters. The molecule has 0 fully saturated rings. The van der Waals surface area contributed by atoms with Crippen molar-refractivity contribution in [2.45, 2.75) is 19.5 Å². The van der Waals surface area contributed by atoms with E-state index in [4.69, 9.17) is 14.5 Å². The van der Waals surface area contributed by atoms with E-state index < -0.39 is 17.9 Å². The van der Waals surface area contributed by atoms with Crippen molar-refractivity contribution in [3.8, 4) is 5.75 Å². The molecule has 1 aliphatic rings. The van der Waals surface area contributed by atoms with Crippen LogP contribution in [0.15, 0.2) is 78.9 Å². The molecule has 5 rings (SSSR count). The number of ether oxygens (including phenoxy) is 2. The van der Waals surface area contributed by atoms with Gasteiger partial charge in [0.05, 0.1) is 37.3 Å². The predicted octanol–water partition coefficient (Wildman–Crippen LogP) is 4.36. The molecule has 0 N–H and O–H groups in total. The van der Waals surface area contributed by atoms with E-state index in [2.05, 4.69) is 0 Å². The van der Waals surface area contributed by atoms with E-state index in [0.717, 1.165) is 22.2 Å². The molecule has 0 unspecified atom stereocenters. The first-order valence-corrected chi connectivity index (χ1v) is 11.2. The Balaban J connectivity index is 1.73. The highest BCUT2D eigenvalue weighted by molar-refractivity contribution is 6.08. The van der Waals surface area contributed by atoms with Crippen molar-refractivity contribution < 1.29 is 19.1 Å². The van der Waals surface area contributed by atoms with Crippen LogP contribution in [0.2, 0.25) is 0 Å². The second-order valence-corrected chi connectivity index (χ2v) is 8.13. The number of hydrogen-bond donors (Lipinski definition) is 0. The van der Waals surface area contributed by atoms with Gasteiger partial charge in [-0.1, -0.05) is 54.6 Å². The number of carbonyl (C=O) groups is 2. The Morgan fingerprint density at radius 1 is 0.971 bits per heavy atom. The van der Waals surface area contributed by atoms with E-state index in [1.54, 1.807) is 18.9 Å². The van der Waals surface area contributed by atoms with Crippen LogP contribution in [0.25, 0.3) is 11.0 Å². The average molecular weight is 456 g/mol. The highest BCUT2D eigenvalue weighted by Gasteiger charge is 2.47. The lowest BCUT2D eigenvalue weighted by Gasteiger charge is -2.38. The van der Waals surface area contributed by atoms with Crippen molar-refractivity contribution in [2.75, 3.05) is 18.6 Å². The Morgan fingerprint density at radius 3 is 2.38 bits per heavy atom. The van der Waals surface area contributed by atoms with Gasteiger partial charge in [0.1, 0.15) is 5.75 Å². The molecule has 7 nitrogen and oxygen atoms in total. The maximum Gasteiger partial charge on any atom is 0.321 e. The van der Waals surface area contributed by atoms with Crippen LogP contribution in [0.5, 0.6) is 5.75 Å². The summed E-state index contributed by atoms with van der Waals surface area (Å²) >= 11 is 0. The van der Waals surface area contributed by atoms with Gasteiger partial charge in [-0.2, -0.15) is 0 Å². The fourth-order valence-corrected chi connectivity index (χ4v) is 4.57. The molecule has 1 aliphatic heterocycles. The van der Waals surface area contributed by atoms with Gasteiger partial charge < -0.3 is 14.0 Å². The molecule has 172 valence electrons. The summed E-state index contributed by atoms with van der Waals surface area (Å²) in [4.78, 5) is 33.6. The third-order valence-corrected chi connectivity index (χ3v) is 6.13. The molecule has 0 saturated carbocycles. The van der Waals surface area contributed by atoms with E-state index in [9.17, 15) is 9.59 Å². The summed E-state index contributed by atoms with van der Waals surface area (Å²) in [6.07, 6.45) is 0. The van der Waals surface area contributed by atoms with Crippen LogP contribution >= 0.6 is 0 Å². The average Bonchev–Trinajstić information content (AvgIpc) is 3.25. The summed E-state index contributed by atoms with van der Waals surface area (Å²) in [5, 5.41) is 0. The number of hydrogen-bond acceptors (Lipinski definition) is 5. The third-order valence-electron chi connectivity index (χ3n) is 6.13. The number of benzene rings is 3. The van der Waals surface area contributed by atoms with Gasteiger partial charge in [-0.15, -0.1) is 0 Å². The second-order valence-electron chi connectivity index (χ2n) is 8.13. The van der Waals surface area contributed by atoms with Crippen LogP contribution in [0.3, 0.4) is 0 Å². The molecule has 4 aromatic rings. The number of amides is 1. The molecule has 0 spiro atoms. The zero-order valence-electron chi connectivity index (χ0n) is 19.0. The van der Waals surface area contributed by atoms with E-state index >= 15 is 0 Å². The monoisotopic (exact) mass is 455 g/mol. The molecule has 3 aromatic carbocycles. The minimum Gasteiger partial charge on any atom is -0.497 e. The van der Waals surface area contributed by atoms with Gasteiger partial charge in [0.15, 0.2) is 5.92 Å². The Labute approximate surface area is 197 Å². The van der Waals surface area contributed by atoms with Gasteiger partial charge in [-0.05, 0) is 42.3 Å². The van der Waals surface area contributed by atoms with Crippen LogP contribution in [0.1, 0.15) is 24.1 Å². The van der Waals surface area contributed by atoms with Crippen molar-refractivity contribution in [2.24, 2.45) is 5.92 Å². The summed E-state index contributed by atoms with van der Waals surface area (Å²) in [7, 11) is 1.60. The topological polar surface area (TPSA) is 73.7 Å². The van der Waals surface area contributed by atoms with Gasteiger partial charge in [0.2, 0.25) is 11.9 Å². The normalized spacial score (nSPS) is 17.5. The van der Waals surface area contributed by atoms with Crippen LogP contribution in [-0.2, 0) is 20.9 Å². The smallest absolute Gasteiger partial charge is 0.321 e. The van der Waals surface area contributed by atoms with E-state index in [-0.39, 0.29) is 12.5 Å². The zero-order chi connectivity index (χ0) is 23.7. The largest absolute Gasteiger partial charge is 0.497 e. The number of imidazole rings is 1. The Morgan fingerprint density at radius 2 is 1.68 bits per heavy atom. The summed E-state index contributed by atoms with van der Waals surface area (Å²) in [6, 6.07) is 24.2. The minimum absolute atomic E-state index is 0.189. The van der Waals surface area contributed by atoms with Crippen molar-refractivity contribution in [3.05, 3.63) is 90.0 Å². The van der Waals surface area contributed by atoms with Crippen molar-refractivity contribution in [3.63, 3.8) is 0 Å². The van der Waals surface area contributed by atoms with Crippen LogP contribution in [-0.4, -0.2) is 35.1 Å². The molecular formula is C27H25N3O4. The Bertz CT molecular complexity index is 1330. The molecule has 0 radical (unpaired) electrons. The molecule has 0 bridgehead atoms. The fourth-order valence-electron chi connectivity index (χ4n) is 4.57.